The fourth-order valence-electron chi connectivity index (χ4n) is 3.11. The fraction of sp³-hybridized carbons (Fsp3) is 0.238. The lowest BCUT2D eigenvalue weighted by Crippen LogP contribution is -2.17. The summed E-state index contributed by atoms with van der Waals surface area (Å²) in [6.45, 7) is 6.01. The summed E-state index contributed by atoms with van der Waals surface area (Å²) in [6, 6.07) is 7.47. The van der Waals surface area contributed by atoms with E-state index in [1.165, 1.54) is 47.6 Å². The Morgan fingerprint density at radius 2 is 1.88 bits per heavy atom. The largest absolute Gasteiger partial charge is 0.368 e. The van der Waals surface area contributed by atoms with Crippen LogP contribution in [0.2, 0.25) is 0 Å². The predicted octanol–water partition coefficient (Wildman–Crippen LogP) is 3.82. The molecule has 0 aliphatic heterocycles. The maximum absolute atomic E-state index is 15.7. The molecule has 0 aliphatic rings. The zero-order valence-corrected chi connectivity index (χ0v) is 20.0. The van der Waals surface area contributed by atoms with Crippen molar-refractivity contribution in [2.75, 3.05) is 10.5 Å². The minimum absolute atomic E-state index is 0.0855. The van der Waals surface area contributed by atoms with Gasteiger partial charge in [-0.25, -0.2) is 19.3 Å². The lowest BCUT2D eigenvalue weighted by molar-refractivity contribution is 0.580. The lowest BCUT2D eigenvalue weighted by atomic mass is 9.98. The van der Waals surface area contributed by atoms with Crippen LogP contribution in [0.25, 0.3) is 21.8 Å². The minimum atomic E-state index is -4.05. The van der Waals surface area contributed by atoms with Gasteiger partial charge in [0.05, 0.1) is 33.2 Å². The van der Waals surface area contributed by atoms with Crippen LogP contribution in [0.15, 0.2) is 47.8 Å². The number of thiazole rings is 1. The number of halogens is 1. The van der Waals surface area contributed by atoms with Gasteiger partial charge >= 0.3 is 0 Å². The number of rotatable bonds is 5. The molecule has 0 unspecified atom stereocenters. The third-order valence-electron chi connectivity index (χ3n) is 4.73. The molecule has 172 valence electrons. The van der Waals surface area contributed by atoms with Gasteiger partial charge < -0.3 is 5.73 Å². The van der Waals surface area contributed by atoms with Gasteiger partial charge in [-0.3, -0.25) is 9.40 Å². The Bertz CT molecular complexity index is 1440. The number of aromatic nitrogens is 5. The van der Waals surface area contributed by atoms with Crippen LogP contribution in [0.5, 0.6) is 0 Å². The molecular formula is C21H22FN7O2S2. The highest BCUT2D eigenvalue weighted by atomic mass is 32.2. The molecule has 12 heteroatoms. The van der Waals surface area contributed by atoms with Crippen LogP contribution in [0, 0.1) is 5.82 Å². The Balaban J connectivity index is 1.85. The Kier molecular flexibility index (Phi) is 5.66. The summed E-state index contributed by atoms with van der Waals surface area (Å²) in [4.78, 5) is 13.5. The molecule has 0 amide bonds. The molecule has 0 atom stereocenters. The van der Waals surface area contributed by atoms with E-state index in [9.17, 15) is 8.42 Å². The molecule has 0 fully saturated rings. The fourth-order valence-corrected chi connectivity index (χ4v) is 5.41. The van der Waals surface area contributed by atoms with Gasteiger partial charge in [-0.05, 0) is 24.3 Å². The Morgan fingerprint density at radius 1 is 1.12 bits per heavy atom. The van der Waals surface area contributed by atoms with Gasteiger partial charge in [0.25, 0.3) is 10.0 Å². The molecule has 0 saturated heterocycles. The first-order valence-electron chi connectivity index (χ1n) is 9.87. The Labute approximate surface area is 194 Å². The molecule has 4 rings (SSSR count). The molecular weight excluding hydrogens is 465 g/mol. The van der Waals surface area contributed by atoms with Crippen LogP contribution >= 0.6 is 11.3 Å². The molecule has 9 nitrogen and oxygen atoms in total. The number of nitrogens with two attached hydrogens (primary N) is 1. The van der Waals surface area contributed by atoms with Crippen LogP contribution in [-0.4, -0.2) is 33.2 Å². The van der Waals surface area contributed by atoms with Crippen molar-refractivity contribution >= 4 is 33.0 Å². The van der Waals surface area contributed by atoms with Gasteiger partial charge in [0.1, 0.15) is 0 Å². The number of nitrogens with one attached hydrogen (secondary N) is 1. The van der Waals surface area contributed by atoms with Gasteiger partial charge in [-0.1, -0.05) is 26.8 Å². The third kappa shape index (κ3) is 4.44. The second kappa shape index (κ2) is 8.19. The number of anilines is 2. The highest BCUT2D eigenvalue weighted by Crippen LogP contribution is 2.41. The summed E-state index contributed by atoms with van der Waals surface area (Å²) >= 11 is 1.38. The summed E-state index contributed by atoms with van der Waals surface area (Å²) in [5.41, 5.74) is 6.25. The first-order chi connectivity index (χ1) is 15.5. The van der Waals surface area contributed by atoms with E-state index in [2.05, 4.69) is 19.8 Å². The number of sulfonamides is 1. The van der Waals surface area contributed by atoms with E-state index in [1.807, 2.05) is 20.8 Å². The van der Waals surface area contributed by atoms with Gasteiger partial charge in [-0.2, -0.15) is 13.5 Å². The van der Waals surface area contributed by atoms with E-state index < -0.39 is 15.8 Å². The topological polar surface area (TPSA) is 129 Å². The third-order valence-corrected chi connectivity index (χ3v) is 7.67. The summed E-state index contributed by atoms with van der Waals surface area (Å²) < 4.78 is 44.7. The molecule has 0 aliphatic carbocycles. The summed E-state index contributed by atoms with van der Waals surface area (Å²) in [5, 5.41) is 4.54. The molecule has 3 aromatic heterocycles. The Hall–Kier alpha value is -3.38. The molecule has 1 aromatic carbocycles. The number of hydrogen-bond acceptors (Lipinski definition) is 8. The Morgan fingerprint density at radius 3 is 2.52 bits per heavy atom. The van der Waals surface area contributed by atoms with Crippen molar-refractivity contribution < 1.29 is 12.8 Å². The van der Waals surface area contributed by atoms with E-state index in [1.54, 1.807) is 18.2 Å². The number of aryl methyl sites for hydroxylation is 1. The van der Waals surface area contributed by atoms with Gasteiger partial charge in [0.15, 0.2) is 10.8 Å². The number of nitrogens with zero attached hydrogens (tertiary/aromatic N) is 5. The monoisotopic (exact) mass is 487 g/mol. The lowest BCUT2D eigenvalue weighted by Gasteiger charge is -2.13. The number of benzene rings is 1. The van der Waals surface area contributed by atoms with Gasteiger partial charge in [0.2, 0.25) is 5.95 Å². The highest BCUT2D eigenvalue weighted by molar-refractivity contribution is 7.92. The molecule has 4 aromatic rings. The summed E-state index contributed by atoms with van der Waals surface area (Å²) in [5.74, 6) is -0.667. The van der Waals surface area contributed by atoms with Crippen molar-refractivity contribution in [1.82, 2.24) is 24.7 Å². The van der Waals surface area contributed by atoms with Crippen molar-refractivity contribution in [2.45, 2.75) is 31.2 Å². The normalized spacial score (nSPS) is 12.2. The molecule has 3 heterocycles. The van der Waals surface area contributed by atoms with E-state index in [-0.39, 0.29) is 27.6 Å². The standard InChI is InChI=1S/C21H22FN7O2S2/c1-21(2,3)19-27-17(18(32-19)14-8-10-24-20(23)26-14)12-6-5-7-13(16(12)22)28-33(30,31)15-9-11-25-29(15)4/h5-11,28H,1-4H3,(H2,23,24,26). The quantitative estimate of drug-likeness (QED) is 0.438. The van der Waals surface area contributed by atoms with E-state index in [4.69, 9.17) is 10.7 Å². The van der Waals surface area contributed by atoms with Crippen molar-refractivity contribution in [3.8, 4) is 21.8 Å². The zero-order valence-electron chi connectivity index (χ0n) is 18.4. The maximum Gasteiger partial charge on any atom is 0.279 e. The molecule has 0 spiro atoms. The molecule has 33 heavy (non-hydrogen) atoms. The van der Waals surface area contributed by atoms with Gasteiger partial charge in [-0.15, -0.1) is 11.3 Å². The first-order valence-corrected chi connectivity index (χ1v) is 12.2. The number of hydrogen-bond donors (Lipinski definition) is 2. The van der Waals surface area contributed by atoms with Crippen LogP contribution in [0.4, 0.5) is 16.0 Å². The molecule has 3 N–H and O–H groups in total. The SMILES string of the molecule is Cn1nccc1S(=O)(=O)Nc1cccc(-c2nc(C(C)(C)C)sc2-c2ccnc(N)n2)c1F. The number of nitrogen functional groups attached to an aromatic ring is 1. The summed E-state index contributed by atoms with van der Waals surface area (Å²) in [6.07, 6.45) is 2.87. The van der Waals surface area contributed by atoms with Gasteiger partial charge in [0, 0.05) is 24.2 Å². The maximum atomic E-state index is 15.7. The van der Waals surface area contributed by atoms with E-state index >= 15 is 4.39 Å². The average Bonchev–Trinajstić information content (AvgIpc) is 3.36. The van der Waals surface area contributed by atoms with E-state index in [0.29, 0.717) is 16.3 Å². The second-order valence-electron chi connectivity index (χ2n) is 8.31. The van der Waals surface area contributed by atoms with Crippen LogP contribution in [0.1, 0.15) is 25.8 Å². The smallest absolute Gasteiger partial charge is 0.279 e. The second-order valence-corrected chi connectivity index (χ2v) is 10.9. The summed E-state index contributed by atoms with van der Waals surface area (Å²) in [7, 11) is -2.56. The van der Waals surface area contributed by atoms with Crippen LogP contribution < -0.4 is 10.5 Å². The molecule has 0 bridgehead atoms. The van der Waals surface area contributed by atoms with E-state index in [0.717, 1.165) is 5.01 Å². The predicted molar refractivity (Wildman–Crippen MR) is 126 cm³/mol. The van der Waals surface area contributed by atoms with Crippen LogP contribution in [-0.2, 0) is 22.5 Å². The van der Waals surface area contributed by atoms with Crippen LogP contribution in [0.3, 0.4) is 0 Å². The average molecular weight is 488 g/mol. The molecule has 0 saturated carbocycles. The van der Waals surface area contributed by atoms with Crippen molar-refractivity contribution in [3.63, 3.8) is 0 Å². The zero-order chi connectivity index (χ0) is 24.0. The van der Waals surface area contributed by atoms with Crippen molar-refractivity contribution in [1.29, 1.82) is 0 Å². The first kappa shape index (κ1) is 22.8. The van der Waals surface area contributed by atoms with Crippen molar-refractivity contribution in [3.05, 3.63) is 53.6 Å². The van der Waals surface area contributed by atoms with Crippen molar-refractivity contribution in [2.24, 2.45) is 7.05 Å². The highest BCUT2D eigenvalue weighted by Gasteiger charge is 2.27. The minimum Gasteiger partial charge on any atom is -0.368 e. The molecule has 0 radical (unpaired) electrons.